The molecular formula is C13H10BF2NO3. The molecule has 7 heteroatoms. The Balaban J connectivity index is 2.26. The Morgan fingerprint density at radius 3 is 2.40 bits per heavy atom. The number of benzene rings is 2. The number of nitrogens with one attached hydrogen (secondary N) is 1. The van der Waals surface area contributed by atoms with Crippen molar-refractivity contribution in [3.05, 3.63) is 59.7 Å². The second-order valence-corrected chi connectivity index (χ2v) is 4.04. The summed E-state index contributed by atoms with van der Waals surface area (Å²) in [4.78, 5) is 11.9. The molecule has 0 saturated carbocycles. The first kappa shape index (κ1) is 14.2. The lowest BCUT2D eigenvalue weighted by Crippen LogP contribution is -2.33. The molecule has 0 aliphatic rings. The molecule has 4 nitrogen and oxygen atoms in total. The minimum Gasteiger partial charge on any atom is -0.423 e. The van der Waals surface area contributed by atoms with Crippen LogP contribution in [0.25, 0.3) is 0 Å². The van der Waals surface area contributed by atoms with Crippen LogP contribution in [-0.2, 0) is 0 Å². The molecule has 0 atom stereocenters. The number of para-hydroxylation sites is 1. The summed E-state index contributed by atoms with van der Waals surface area (Å²) in [7, 11) is -2.03. The highest BCUT2D eigenvalue weighted by atomic mass is 19.1. The predicted molar refractivity (Wildman–Crippen MR) is 70.6 cm³/mol. The van der Waals surface area contributed by atoms with Gasteiger partial charge in [-0.25, -0.2) is 8.78 Å². The summed E-state index contributed by atoms with van der Waals surface area (Å²) < 4.78 is 26.6. The Morgan fingerprint density at radius 2 is 1.75 bits per heavy atom. The van der Waals surface area contributed by atoms with Crippen molar-refractivity contribution in [1.29, 1.82) is 0 Å². The van der Waals surface area contributed by atoms with Crippen molar-refractivity contribution in [2.75, 3.05) is 5.32 Å². The fourth-order valence-electron chi connectivity index (χ4n) is 1.64. The minimum absolute atomic E-state index is 0.0160. The number of hydrogen-bond donors (Lipinski definition) is 3. The van der Waals surface area contributed by atoms with Gasteiger partial charge in [0.2, 0.25) is 0 Å². The first-order valence-electron chi connectivity index (χ1n) is 5.70. The number of carbonyl (C=O) groups excluding carboxylic acids is 1. The van der Waals surface area contributed by atoms with Crippen molar-refractivity contribution in [1.82, 2.24) is 0 Å². The maximum absolute atomic E-state index is 13.4. The van der Waals surface area contributed by atoms with Gasteiger partial charge in [-0.3, -0.25) is 4.79 Å². The van der Waals surface area contributed by atoms with Gasteiger partial charge in [-0.05, 0) is 30.3 Å². The Labute approximate surface area is 113 Å². The number of rotatable bonds is 3. The topological polar surface area (TPSA) is 69.6 Å². The second kappa shape index (κ2) is 5.81. The van der Waals surface area contributed by atoms with Crippen LogP contribution in [0.5, 0.6) is 0 Å². The molecule has 3 N–H and O–H groups in total. The summed E-state index contributed by atoms with van der Waals surface area (Å²) >= 11 is 0. The number of carbonyl (C=O) groups is 1. The van der Waals surface area contributed by atoms with Gasteiger partial charge in [-0.15, -0.1) is 0 Å². The van der Waals surface area contributed by atoms with E-state index in [1.807, 2.05) is 0 Å². The average molecular weight is 277 g/mol. The van der Waals surface area contributed by atoms with Gasteiger partial charge in [-0.1, -0.05) is 12.1 Å². The van der Waals surface area contributed by atoms with E-state index >= 15 is 0 Å². The maximum Gasteiger partial charge on any atom is 0.491 e. The van der Waals surface area contributed by atoms with E-state index in [2.05, 4.69) is 5.32 Å². The van der Waals surface area contributed by atoms with Crippen molar-refractivity contribution in [3.8, 4) is 0 Å². The highest BCUT2D eigenvalue weighted by Gasteiger charge is 2.19. The van der Waals surface area contributed by atoms with E-state index in [1.165, 1.54) is 18.2 Å². The molecule has 0 bridgehead atoms. The minimum atomic E-state index is -2.03. The molecule has 0 fully saturated rings. The van der Waals surface area contributed by atoms with Gasteiger partial charge in [0.25, 0.3) is 5.91 Å². The lowest BCUT2D eigenvalue weighted by molar-refractivity contribution is 0.102. The molecular weight excluding hydrogens is 267 g/mol. The van der Waals surface area contributed by atoms with Crippen LogP contribution < -0.4 is 10.8 Å². The van der Waals surface area contributed by atoms with E-state index < -0.39 is 30.1 Å². The van der Waals surface area contributed by atoms with E-state index in [-0.39, 0.29) is 11.3 Å². The van der Waals surface area contributed by atoms with Crippen molar-refractivity contribution in [3.63, 3.8) is 0 Å². The summed E-state index contributed by atoms with van der Waals surface area (Å²) in [6.07, 6.45) is 0. The van der Waals surface area contributed by atoms with Crippen LogP contribution in [0.3, 0.4) is 0 Å². The molecule has 0 spiro atoms. The molecule has 0 aromatic heterocycles. The molecule has 2 aromatic carbocycles. The third-order valence-electron chi connectivity index (χ3n) is 2.66. The Bertz CT molecular complexity index is 649. The Kier molecular flexibility index (Phi) is 4.12. The van der Waals surface area contributed by atoms with Crippen molar-refractivity contribution >= 4 is 24.2 Å². The van der Waals surface area contributed by atoms with Crippen molar-refractivity contribution in [2.45, 2.75) is 0 Å². The standard InChI is InChI=1S/C13H10BF2NO3/c15-10-6-5-8(7-9(10)14(19)20)13(18)17-12-4-2-1-3-11(12)16/h1-7,19-20H,(H,17,18). The summed E-state index contributed by atoms with van der Waals surface area (Å²) in [5.41, 5.74) is -0.461. The van der Waals surface area contributed by atoms with Crippen LogP contribution in [-0.4, -0.2) is 23.1 Å². The molecule has 20 heavy (non-hydrogen) atoms. The van der Waals surface area contributed by atoms with Crippen LogP contribution in [0.1, 0.15) is 10.4 Å². The summed E-state index contributed by atoms with van der Waals surface area (Å²) in [5, 5.41) is 20.2. The Morgan fingerprint density at radius 1 is 1.05 bits per heavy atom. The summed E-state index contributed by atoms with van der Waals surface area (Å²) in [5.74, 6) is -2.13. The summed E-state index contributed by atoms with van der Waals surface area (Å²) in [6, 6.07) is 8.68. The molecule has 0 aliphatic heterocycles. The fraction of sp³-hybridized carbons (Fsp3) is 0. The number of amides is 1. The molecule has 0 unspecified atom stereocenters. The van der Waals surface area contributed by atoms with Crippen LogP contribution in [0.2, 0.25) is 0 Å². The highest BCUT2D eigenvalue weighted by Crippen LogP contribution is 2.14. The normalized spacial score (nSPS) is 10.2. The lowest BCUT2D eigenvalue weighted by atomic mass is 9.79. The molecule has 0 radical (unpaired) electrons. The van der Waals surface area contributed by atoms with Gasteiger partial charge in [-0.2, -0.15) is 0 Å². The number of hydrogen-bond acceptors (Lipinski definition) is 3. The first-order valence-corrected chi connectivity index (χ1v) is 5.70. The SMILES string of the molecule is O=C(Nc1ccccc1F)c1ccc(F)c(B(O)O)c1. The van der Waals surface area contributed by atoms with Crippen LogP contribution in [0, 0.1) is 11.6 Å². The monoisotopic (exact) mass is 277 g/mol. The van der Waals surface area contributed by atoms with Crippen LogP contribution in [0.15, 0.2) is 42.5 Å². The molecule has 102 valence electrons. The lowest BCUT2D eigenvalue weighted by Gasteiger charge is -2.08. The fourth-order valence-corrected chi connectivity index (χ4v) is 1.64. The van der Waals surface area contributed by atoms with E-state index in [4.69, 9.17) is 10.0 Å². The van der Waals surface area contributed by atoms with Crippen molar-refractivity contribution in [2.24, 2.45) is 0 Å². The first-order chi connectivity index (χ1) is 9.49. The molecule has 0 saturated heterocycles. The molecule has 0 aliphatic carbocycles. The quantitative estimate of drug-likeness (QED) is 0.730. The third-order valence-corrected chi connectivity index (χ3v) is 2.66. The van der Waals surface area contributed by atoms with E-state index in [0.717, 1.165) is 18.2 Å². The molecule has 1 amide bonds. The molecule has 2 aromatic rings. The molecule has 2 rings (SSSR count). The highest BCUT2D eigenvalue weighted by molar-refractivity contribution is 6.58. The van der Waals surface area contributed by atoms with Gasteiger partial charge in [0.15, 0.2) is 0 Å². The van der Waals surface area contributed by atoms with Gasteiger partial charge in [0.05, 0.1) is 5.69 Å². The predicted octanol–water partition coefficient (Wildman–Crippen LogP) is 0.897. The average Bonchev–Trinajstić information content (AvgIpc) is 2.41. The maximum atomic E-state index is 13.4. The smallest absolute Gasteiger partial charge is 0.423 e. The van der Waals surface area contributed by atoms with Crippen molar-refractivity contribution < 1.29 is 23.6 Å². The zero-order valence-corrected chi connectivity index (χ0v) is 10.2. The van der Waals surface area contributed by atoms with Gasteiger partial charge >= 0.3 is 7.12 Å². The van der Waals surface area contributed by atoms with Crippen LogP contribution in [0.4, 0.5) is 14.5 Å². The van der Waals surface area contributed by atoms with E-state index in [1.54, 1.807) is 6.07 Å². The second-order valence-electron chi connectivity index (χ2n) is 4.04. The third kappa shape index (κ3) is 3.01. The van der Waals surface area contributed by atoms with Crippen LogP contribution >= 0.6 is 0 Å². The number of halogens is 2. The Hall–Kier alpha value is -2.25. The number of anilines is 1. The van der Waals surface area contributed by atoms with E-state index in [9.17, 15) is 13.6 Å². The summed E-state index contributed by atoms with van der Waals surface area (Å²) in [6.45, 7) is 0. The molecule has 0 heterocycles. The zero-order valence-electron chi connectivity index (χ0n) is 10.2. The van der Waals surface area contributed by atoms with E-state index in [0.29, 0.717) is 0 Å². The van der Waals surface area contributed by atoms with Gasteiger partial charge in [0.1, 0.15) is 11.6 Å². The largest absolute Gasteiger partial charge is 0.491 e. The van der Waals surface area contributed by atoms with Gasteiger partial charge < -0.3 is 15.4 Å². The van der Waals surface area contributed by atoms with Gasteiger partial charge in [0, 0.05) is 11.0 Å². The zero-order chi connectivity index (χ0) is 14.7.